The van der Waals surface area contributed by atoms with Crippen molar-refractivity contribution in [3.05, 3.63) is 0 Å². The molecule has 0 radical (unpaired) electrons. The second kappa shape index (κ2) is 14.3. The zero-order valence-corrected chi connectivity index (χ0v) is 19.3. The van der Waals surface area contributed by atoms with Crippen LogP contribution in [0.3, 0.4) is 0 Å². The van der Waals surface area contributed by atoms with Gasteiger partial charge in [-0.1, -0.05) is 85.5 Å². The Balaban J connectivity index is 4.39. The third kappa shape index (κ3) is 14.0. The Morgan fingerprint density at radius 3 is 1.52 bits per heavy atom. The van der Waals surface area contributed by atoms with Crippen LogP contribution in [-0.2, 0) is 0 Å². The van der Waals surface area contributed by atoms with E-state index in [1.165, 1.54) is 0 Å². The van der Waals surface area contributed by atoms with E-state index in [9.17, 15) is 8.22 Å². The standard InChI is InChI=1S/C20H43F3Si2/c1-5-8-11-15-24(21,16-12-9-6-2)19-20(4)14-18-25(22,23)17-13-10-7-3/h20H,5-19H2,1-4H3. The number of halogens is 3. The summed E-state index contributed by atoms with van der Waals surface area (Å²) in [5.41, 5.74) is 0. The van der Waals surface area contributed by atoms with Crippen LogP contribution < -0.4 is 0 Å². The average molecular weight is 397 g/mol. The Kier molecular flexibility index (Phi) is 14.4. The minimum atomic E-state index is -4.05. The molecule has 0 aromatic rings. The van der Waals surface area contributed by atoms with Crippen molar-refractivity contribution in [2.75, 3.05) is 0 Å². The Morgan fingerprint density at radius 1 is 0.640 bits per heavy atom. The van der Waals surface area contributed by atoms with Crippen molar-refractivity contribution in [3.63, 3.8) is 0 Å². The molecule has 0 spiro atoms. The van der Waals surface area contributed by atoms with Gasteiger partial charge in [0.2, 0.25) is 8.41 Å². The van der Waals surface area contributed by atoms with Crippen molar-refractivity contribution in [2.24, 2.45) is 5.92 Å². The Labute approximate surface area is 157 Å². The highest BCUT2D eigenvalue weighted by Gasteiger charge is 2.38. The molecule has 0 bridgehead atoms. The molecule has 25 heavy (non-hydrogen) atoms. The number of hydrogen-bond acceptors (Lipinski definition) is 0. The maximum Gasteiger partial charge on any atom is 0.425 e. The molecule has 0 aromatic carbocycles. The molecule has 1 unspecified atom stereocenters. The van der Waals surface area contributed by atoms with Crippen molar-refractivity contribution >= 4 is 17.1 Å². The first-order chi connectivity index (χ1) is 11.8. The molecule has 0 heterocycles. The van der Waals surface area contributed by atoms with Gasteiger partial charge in [-0.05, 0) is 42.6 Å². The maximum atomic E-state index is 15.5. The summed E-state index contributed by atoms with van der Waals surface area (Å²) in [7, 11) is -6.79. The molecule has 0 saturated carbocycles. The van der Waals surface area contributed by atoms with Crippen LogP contribution >= 0.6 is 0 Å². The van der Waals surface area contributed by atoms with E-state index < -0.39 is 17.1 Å². The van der Waals surface area contributed by atoms with E-state index in [1.54, 1.807) is 0 Å². The fraction of sp³-hybridized carbons (Fsp3) is 1.00. The van der Waals surface area contributed by atoms with Crippen molar-refractivity contribution in [3.8, 4) is 0 Å². The second-order valence-electron chi connectivity index (χ2n) is 8.23. The highest BCUT2D eigenvalue weighted by Crippen LogP contribution is 2.35. The zero-order chi connectivity index (χ0) is 19.2. The smallest absolute Gasteiger partial charge is 0.314 e. The molecule has 1 atom stereocenters. The lowest BCUT2D eigenvalue weighted by Gasteiger charge is -2.26. The largest absolute Gasteiger partial charge is 0.425 e. The summed E-state index contributed by atoms with van der Waals surface area (Å²) >= 11 is 0. The van der Waals surface area contributed by atoms with Gasteiger partial charge in [0.1, 0.15) is 0 Å². The predicted octanol–water partition coefficient (Wildman–Crippen LogP) is 8.88. The molecule has 5 heteroatoms. The van der Waals surface area contributed by atoms with Gasteiger partial charge < -0.3 is 4.11 Å². The maximum absolute atomic E-state index is 15.5. The monoisotopic (exact) mass is 396 g/mol. The highest BCUT2D eigenvalue weighted by molar-refractivity contribution is 6.73. The van der Waals surface area contributed by atoms with Gasteiger partial charge in [-0.25, -0.2) is 0 Å². The van der Waals surface area contributed by atoms with E-state index in [0.29, 0.717) is 18.9 Å². The van der Waals surface area contributed by atoms with Gasteiger partial charge in [0.15, 0.2) is 0 Å². The lowest BCUT2D eigenvalue weighted by atomic mass is 10.2. The molecule has 152 valence electrons. The van der Waals surface area contributed by atoms with Gasteiger partial charge in [-0.3, -0.25) is 8.22 Å². The SMILES string of the molecule is CCCCC[Si](F)(F)CCC(C)C[Si](F)(CCCCC)CCCCC. The molecule has 0 amide bonds. The zero-order valence-electron chi connectivity index (χ0n) is 17.3. The highest BCUT2D eigenvalue weighted by atomic mass is 28.4. The van der Waals surface area contributed by atoms with Crippen molar-refractivity contribution < 1.29 is 12.3 Å². The normalized spacial score (nSPS) is 14.0. The van der Waals surface area contributed by atoms with E-state index in [0.717, 1.165) is 63.5 Å². The molecule has 0 rings (SSSR count). The third-order valence-corrected chi connectivity index (χ3v) is 11.4. The minimum absolute atomic E-state index is 0.0757. The quantitative estimate of drug-likeness (QED) is 0.131. The van der Waals surface area contributed by atoms with Crippen LogP contribution in [0.2, 0.25) is 30.2 Å². The fourth-order valence-corrected chi connectivity index (χ4v) is 9.47. The van der Waals surface area contributed by atoms with Gasteiger partial charge in [0.05, 0.1) is 0 Å². The van der Waals surface area contributed by atoms with E-state index >= 15 is 4.11 Å². The van der Waals surface area contributed by atoms with Crippen LogP contribution in [0.4, 0.5) is 12.3 Å². The Bertz CT molecular complexity index is 301. The van der Waals surface area contributed by atoms with E-state index in [1.807, 2.05) is 13.8 Å². The topological polar surface area (TPSA) is 0 Å². The van der Waals surface area contributed by atoms with Crippen LogP contribution in [0.1, 0.15) is 91.9 Å². The molecule has 0 aliphatic heterocycles. The molecule has 0 nitrogen and oxygen atoms in total. The van der Waals surface area contributed by atoms with Gasteiger partial charge in [-0.2, -0.15) is 0 Å². The lowest BCUT2D eigenvalue weighted by Crippen LogP contribution is -2.31. The lowest BCUT2D eigenvalue weighted by molar-refractivity contribution is 0.517. The predicted molar refractivity (Wildman–Crippen MR) is 111 cm³/mol. The van der Waals surface area contributed by atoms with E-state index in [4.69, 9.17) is 0 Å². The van der Waals surface area contributed by atoms with Gasteiger partial charge in [0, 0.05) is 0 Å². The molecule has 0 N–H and O–H groups in total. The van der Waals surface area contributed by atoms with E-state index in [-0.39, 0.29) is 18.0 Å². The van der Waals surface area contributed by atoms with Gasteiger partial charge in [-0.15, -0.1) is 0 Å². The summed E-state index contributed by atoms with van der Waals surface area (Å²) in [5.74, 6) is 0.129. The minimum Gasteiger partial charge on any atom is -0.314 e. The van der Waals surface area contributed by atoms with Crippen LogP contribution in [0.25, 0.3) is 0 Å². The van der Waals surface area contributed by atoms with Crippen LogP contribution in [-0.4, -0.2) is 17.1 Å². The molecule has 0 aliphatic carbocycles. The number of hydrogen-bond donors (Lipinski definition) is 0. The van der Waals surface area contributed by atoms with Crippen LogP contribution in [0, 0.1) is 5.92 Å². The summed E-state index contributed by atoms with van der Waals surface area (Å²) in [6, 6.07) is 2.32. The summed E-state index contributed by atoms with van der Waals surface area (Å²) < 4.78 is 43.7. The first-order valence-electron chi connectivity index (χ1n) is 10.8. The average Bonchev–Trinajstić information content (AvgIpc) is 2.54. The first-order valence-corrected chi connectivity index (χ1v) is 15.5. The molecule has 0 aromatic heterocycles. The summed E-state index contributed by atoms with van der Waals surface area (Å²) in [5, 5.41) is 0. The summed E-state index contributed by atoms with van der Waals surface area (Å²) in [6.07, 6.45) is 9.51. The fourth-order valence-electron chi connectivity index (χ4n) is 3.66. The first kappa shape index (κ1) is 25.2. The molecule has 0 saturated heterocycles. The Morgan fingerprint density at radius 2 is 1.08 bits per heavy atom. The third-order valence-electron chi connectivity index (χ3n) is 5.32. The van der Waals surface area contributed by atoms with Gasteiger partial charge >= 0.3 is 8.74 Å². The van der Waals surface area contributed by atoms with Crippen LogP contribution in [0.15, 0.2) is 0 Å². The van der Waals surface area contributed by atoms with Gasteiger partial charge in [0.25, 0.3) is 0 Å². The van der Waals surface area contributed by atoms with Crippen molar-refractivity contribution in [1.29, 1.82) is 0 Å². The molecule has 0 aliphatic rings. The molecular weight excluding hydrogens is 353 g/mol. The van der Waals surface area contributed by atoms with Crippen molar-refractivity contribution in [2.45, 2.75) is 122 Å². The summed E-state index contributed by atoms with van der Waals surface area (Å²) in [4.78, 5) is 0. The number of rotatable bonds is 17. The number of unbranched alkanes of at least 4 members (excludes halogenated alkanes) is 6. The van der Waals surface area contributed by atoms with E-state index in [2.05, 4.69) is 13.8 Å². The van der Waals surface area contributed by atoms with Crippen molar-refractivity contribution in [1.82, 2.24) is 0 Å². The summed E-state index contributed by atoms with van der Waals surface area (Å²) in [6.45, 7) is 8.35. The Hall–Kier alpha value is 0.224. The second-order valence-corrected chi connectivity index (χ2v) is 14.6. The molecule has 0 fully saturated rings. The van der Waals surface area contributed by atoms with Crippen LogP contribution in [0.5, 0.6) is 0 Å². The molecular formula is C20H43F3Si2.